The van der Waals surface area contributed by atoms with Crippen molar-refractivity contribution >= 4 is 21.8 Å². The molecule has 0 spiro atoms. The Morgan fingerprint density at radius 2 is 1.32 bits per heavy atom. The smallest absolute Gasteiger partial charge is 0.205 e. The van der Waals surface area contributed by atoms with Gasteiger partial charge in [0, 0.05) is 10.8 Å². The zero-order valence-corrected chi connectivity index (χ0v) is 13.4. The van der Waals surface area contributed by atoms with E-state index in [9.17, 15) is 0 Å². The van der Waals surface area contributed by atoms with Crippen LogP contribution in [0.15, 0.2) is 18.2 Å². The summed E-state index contributed by atoms with van der Waals surface area (Å²) in [6, 6.07) is 6.06. The Hall–Kier alpha value is -2.56. The van der Waals surface area contributed by atoms with Crippen molar-refractivity contribution in [2.24, 2.45) is 0 Å². The van der Waals surface area contributed by atoms with E-state index in [-0.39, 0.29) is 0 Å². The second-order valence-electron chi connectivity index (χ2n) is 5.08. The van der Waals surface area contributed by atoms with Crippen LogP contribution in [0.25, 0.3) is 21.8 Å². The number of fused-ring (bicyclic) bond motifs is 3. The average Bonchev–Trinajstić information content (AvgIpc) is 2.90. The molecule has 116 valence electrons. The van der Waals surface area contributed by atoms with E-state index >= 15 is 0 Å². The molecule has 0 aliphatic heterocycles. The number of benzene rings is 2. The van der Waals surface area contributed by atoms with Crippen molar-refractivity contribution in [3.05, 3.63) is 23.8 Å². The number of aromatic amines is 1. The summed E-state index contributed by atoms with van der Waals surface area (Å²) in [6.07, 6.45) is 0. The molecule has 0 saturated heterocycles. The summed E-state index contributed by atoms with van der Waals surface area (Å²) in [5, 5.41) is 2.07. The predicted octanol–water partition coefficient (Wildman–Crippen LogP) is 3.66. The number of rotatable bonds is 4. The quantitative estimate of drug-likeness (QED) is 0.799. The highest BCUT2D eigenvalue weighted by molar-refractivity contribution is 6.12. The van der Waals surface area contributed by atoms with Crippen LogP contribution in [0, 0.1) is 6.92 Å². The second kappa shape index (κ2) is 5.33. The molecule has 0 aliphatic carbocycles. The van der Waals surface area contributed by atoms with Gasteiger partial charge in [-0.3, -0.25) is 0 Å². The molecule has 1 heterocycles. The summed E-state index contributed by atoms with van der Waals surface area (Å²) in [6.45, 7) is 2.04. The fourth-order valence-corrected chi connectivity index (χ4v) is 2.87. The van der Waals surface area contributed by atoms with Gasteiger partial charge >= 0.3 is 0 Å². The minimum Gasteiger partial charge on any atom is -0.495 e. The minimum absolute atomic E-state index is 0.569. The number of hydrogen-bond acceptors (Lipinski definition) is 4. The Balaban J connectivity index is 2.51. The third-order valence-electron chi connectivity index (χ3n) is 3.84. The van der Waals surface area contributed by atoms with E-state index < -0.39 is 0 Å². The van der Waals surface area contributed by atoms with Gasteiger partial charge in [-0.2, -0.15) is 0 Å². The molecular weight excluding hydrogens is 282 g/mol. The maximum absolute atomic E-state index is 5.55. The Morgan fingerprint density at radius 1 is 0.682 bits per heavy atom. The minimum atomic E-state index is 0.569. The van der Waals surface area contributed by atoms with E-state index in [2.05, 4.69) is 11.1 Å². The number of H-pyrrole nitrogens is 1. The third kappa shape index (κ3) is 1.93. The molecular formula is C17H19NO4. The molecule has 0 fully saturated rings. The van der Waals surface area contributed by atoms with Crippen molar-refractivity contribution in [3.8, 4) is 23.0 Å². The Kier molecular flexibility index (Phi) is 3.48. The first-order valence-corrected chi connectivity index (χ1v) is 6.93. The van der Waals surface area contributed by atoms with Gasteiger partial charge in [-0.25, -0.2) is 0 Å². The molecule has 2 aromatic carbocycles. The largest absolute Gasteiger partial charge is 0.495 e. The van der Waals surface area contributed by atoms with Crippen LogP contribution in [0.1, 0.15) is 5.56 Å². The molecule has 0 bridgehead atoms. The van der Waals surface area contributed by atoms with Gasteiger partial charge in [0.25, 0.3) is 0 Å². The van der Waals surface area contributed by atoms with Gasteiger partial charge in [0.05, 0.1) is 39.5 Å². The molecule has 3 aromatic rings. The summed E-state index contributed by atoms with van der Waals surface area (Å²) < 4.78 is 21.9. The van der Waals surface area contributed by atoms with Gasteiger partial charge in [0.2, 0.25) is 5.75 Å². The topological polar surface area (TPSA) is 52.7 Å². The normalized spacial score (nSPS) is 11.0. The van der Waals surface area contributed by atoms with E-state index in [0.29, 0.717) is 17.2 Å². The zero-order valence-electron chi connectivity index (χ0n) is 13.4. The Labute approximate surface area is 128 Å². The zero-order chi connectivity index (χ0) is 15.9. The molecule has 0 atom stereocenters. The van der Waals surface area contributed by atoms with Crippen molar-refractivity contribution in [1.82, 2.24) is 4.98 Å². The molecule has 0 saturated carbocycles. The van der Waals surface area contributed by atoms with Crippen LogP contribution in [0.4, 0.5) is 0 Å². The predicted molar refractivity (Wildman–Crippen MR) is 86.7 cm³/mol. The number of aromatic nitrogens is 1. The first kappa shape index (κ1) is 14.4. The lowest BCUT2D eigenvalue weighted by atomic mass is 10.1. The van der Waals surface area contributed by atoms with Crippen molar-refractivity contribution in [2.45, 2.75) is 6.92 Å². The highest BCUT2D eigenvalue weighted by Crippen LogP contribution is 2.46. The van der Waals surface area contributed by atoms with E-state index in [1.54, 1.807) is 28.4 Å². The maximum atomic E-state index is 5.55. The lowest BCUT2D eigenvalue weighted by molar-refractivity contribution is 0.327. The highest BCUT2D eigenvalue weighted by atomic mass is 16.5. The van der Waals surface area contributed by atoms with Crippen LogP contribution in [0.3, 0.4) is 0 Å². The number of methoxy groups -OCH3 is 4. The molecule has 0 radical (unpaired) electrons. The van der Waals surface area contributed by atoms with E-state index in [0.717, 1.165) is 33.1 Å². The maximum Gasteiger partial charge on any atom is 0.205 e. The van der Waals surface area contributed by atoms with Gasteiger partial charge in [0.1, 0.15) is 5.75 Å². The number of ether oxygens (including phenoxy) is 4. The van der Waals surface area contributed by atoms with Crippen molar-refractivity contribution in [1.29, 1.82) is 0 Å². The lowest BCUT2D eigenvalue weighted by Crippen LogP contribution is -1.95. The van der Waals surface area contributed by atoms with E-state index in [4.69, 9.17) is 18.9 Å². The molecule has 22 heavy (non-hydrogen) atoms. The van der Waals surface area contributed by atoms with Crippen molar-refractivity contribution in [3.63, 3.8) is 0 Å². The van der Waals surface area contributed by atoms with Crippen molar-refractivity contribution < 1.29 is 18.9 Å². The summed E-state index contributed by atoms with van der Waals surface area (Å²) in [7, 11) is 6.49. The summed E-state index contributed by atoms with van der Waals surface area (Å²) in [5.41, 5.74) is 2.91. The van der Waals surface area contributed by atoms with Crippen LogP contribution in [0.5, 0.6) is 23.0 Å². The van der Waals surface area contributed by atoms with Gasteiger partial charge < -0.3 is 23.9 Å². The molecule has 5 nitrogen and oxygen atoms in total. The molecule has 0 amide bonds. The fourth-order valence-electron chi connectivity index (χ4n) is 2.87. The lowest BCUT2D eigenvalue weighted by Gasteiger charge is -2.12. The fraction of sp³-hybridized carbons (Fsp3) is 0.294. The van der Waals surface area contributed by atoms with Gasteiger partial charge in [-0.1, -0.05) is 0 Å². The molecule has 1 N–H and O–H groups in total. The first-order valence-electron chi connectivity index (χ1n) is 6.93. The summed E-state index contributed by atoms with van der Waals surface area (Å²) >= 11 is 0. The van der Waals surface area contributed by atoms with Crippen LogP contribution in [-0.4, -0.2) is 33.4 Å². The average molecular weight is 301 g/mol. The van der Waals surface area contributed by atoms with Crippen molar-refractivity contribution in [2.75, 3.05) is 28.4 Å². The molecule has 0 unspecified atom stereocenters. The second-order valence-corrected chi connectivity index (χ2v) is 5.08. The highest BCUT2D eigenvalue weighted by Gasteiger charge is 2.20. The first-order chi connectivity index (χ1) is 10.6. The van der Waals surface area contributed by atoms with E-state index in [1.165, 1.54) is 0 Å². The summed E-state index contributed by atoms with van der Waals surface area (Å²) in [5.74, 6) is 2.62. The monoisotopic (exact) mass is 301 g/mol. The molecule has 0 aliphatic rings. The molecule has 3 rings (SSSR count). The SMILES string of the molecule is COc1cc2c([nH]c3c(OC)cc(C)cc32)c(OC)c1OC. The molecule has 1 aromatic heterocycles. The number of hydrogen-bond donors (Lipinski definition) is 1. The van der Waals surface area contributed by atoms with Crippen LogP contribution < -0.4 is 18.9 Å². The van der Waals surface area contributed by atoms with Gasteiger partial charge in [-0.15, -0.1) is 0 Å². The standard InChI is InChI=1S/C17H19NO4/c1-9-6-10-11-8-13(20-3)16(21-4)17(22-5)15(11)18-14(10)12(7-9)19-2/h6-8,18H,1-5H3. The third-order valence-corrected chi connectivity index (χ3v) is 3.84. The number of aryl methyl sites for hydroxylation is 1. The summed E-state index contributed by atoms with van der Waals surface area (Å²) in [4.78, 5) is 3.38. The Bertz CT molecular complexity index is 851. The molecule has 5 heteroatoms. The van der Waals surface area contributed by atoms with Gasteiger partial charge in [0.15, 0.2) is 11.5 Å². The van der Waals surface area contributed by atoms with E-state index in [1.807, 2.05) is 19.1 Å². The van der Waals surface area contributed by atoms with Gasteiger partial charge in [-0.05, 0) is 30.7 Å². The van der Waals surface area contributed by atoms with Crippen LogP contribution >= 0.6 is 0 Å². The van der Waals surface area contributed by atoms with Crippen LogP contribution in [0.2, 0.25) is 0 Å². The van der Waals surface area contributed by atoms with Crippen LogP contribution in [-0.2, 0) is 0 Å². The Morgan fingerprint density at radius 3 is 1.91 bits per heavy atom. The number of nitrogens with one attached hydrogen (secondary N) is 1.